The molecule has 2 amide bonds. The fourth-order valence-electron chi connectivity index (χ4n) is 4.79. The maximum absolute atomic E-state index is 12.3. The van der Waals surface area contributed by atoms with Crippen molar-refractivity contribution in [1.29, 1.82) is 0 Å². The Morgan fingerprint density at radius 1 is 0.949 bits per heavy atom. The maximum atomic E-state index is 12.3. The Morgan fingerprint density at radius 3 is 2.72 bits per heavy atom. The molecule has 39 heavy (non-hydrogen) atoms. The minimum atomic E-state index is -0.424. The summed E-state index contributed by atoms with van der Waals surface area (Å²) < 4.78 is 10.9. The minimum absolute atomic E-state index is 0.116. The number of anilines is 2. The molecule has 2 aromatic carbocycles. The lowest BCUT2D eigenvalue weighted by Gasteiger charge is -2.23. The van der Waals surface area contributed by atoms with Crippen molar-refractivity contribution in [3.63, 3.8) is 0 Å². The molecule has 0 unspecified atom stereocenters. The van der Waals surface area contributed by atoms with Crippen LogP contribution < -0.4 is 10.2 Å². The highest BCUT2D eigenvalue weighted by molar-refractivity contribution is 6.01. The van der Waals surface area contributed by atoms with Crippen molar-refractivity contribution in [2.24, 2.45) is 0 Å². The quantitative estimate of drug-likeness (QED) is 0.348. The Hall–Kier alpha value is -4.99. The Morgan fingerprint density at radius 2 is 1.87 bits per heavy atom. The summed E-state index contributed by atoms with van der Waals surface area (Å²) in [5, 5.41) is 7.78. The molecule has 1 N–H and O–H groups in total. The highest BCUT2D eigenvalue weighted by Crippen LogP contribution is 2.34. The Bertz CT molecular complexity index is 1640. The van der Waals surface area contributed by atoms with Crippen LogP contribution in [0.25, 0.3) is 33.5 Å². The van der Waals surface area contributed by atoms with E-state index < -0.39 is 5.91 Å². The van der Waals surface area contributed by atoms with Crippen LogP contribution in [0.4, 0.5) is 11.6 Å². The van der Waals surface area contributed by atoms with Gasteiger partial charge in [-0.05, 0) is 48.9 Å². The summed E-state index contributed by atoms with van der Waals surface area (Å²) in [6.45, 7) is 4.76. The second-order valence-corrected chi connectivity index (χ2v) is 9.34. The number of amides is 2. The molecular weight excluding hydrogens is 496 g/mol. The van der Waals surface area contributed by atoms with E-state index in [0.29, 0.717) is 18.0 Å². The van der Waals surface area contributed by atoms with Gasteiger partial charge < -0.3 is 18.7 Å². The number of nitrogens with one attached hydrogen (secondary N) is 1. The van der Waals surface area contributed by atoms with E-state index in [1.165, 1.54) is 6.26 Å². The van der Waals surface area contributed by atoms with E-state index >= 15 is 0 Å². The van der Waals surface area contributed by atoms with Gasteiger partial charge in [-0.25, -0.2) is 9.97 Å². The summed E-state index contributed by atoms with van der Waals surface area (Å²) in [6.07, 6.45) is 3.95. The molecule has 5 aromatic rings. The van der Waals surface area contributed by atoms with E-state index in [2.05, 4.69) is 37.5 Å². The topological polar surface area (TPSA) is 118 Å². The van der Waals surface area contributed by atoms with Crippen LogP contribution in [0.1, 0.15) is 23.9 Å². The number of furan rings is 1. The highest BCUT2D eigenvalue weighted by Gasteiger charge is 2.19. The number of aromatic nitrogens is 3. The van der Waals surface area contributed by atoms with Crippen molar-refractivity contribution >= 4 is 34.4 Å². The summed E-state index contributed by atoms with van der Waals surface area (Å²) in [5.41, 5.74) is 4.18. The van der Waals surface area contributed by atoms with Crippen molar-refractivity contribution in [2.75, 3.05) is 36.4 Å². The molecule has 1 aliphatic rings. The fraction of sp³-hybridized carbons (Fsp3) is 0.207. The third-order valence-corrected chi connectivity index (χ3v) is 6.81. The first kappa shape index (κ1) is 24.4. The van der Waals surface area contributed by atoms with E-state index in [0.717, 1.165) is 53.8 Å². The number of hydrogen-bond acceptors (Lipinski definition) is 8. The second kappa shape index (κ2) is 10.4. The predicted octanol–water partition coefficient (Wildman–Crippen LogP) is 4.86. The molecule has 10 nitrogen and oxygen atoms in total. The van der Waals surface area contributed by atoms with Gasteiger partial charge >= 0.3 is 0 Å². The van der Waals surface area contributed by atoms with Gasteiger partial charge in [0.1, 0.15) is 5.52 Å². The van der Waals surface area contributed by atoms with Gasteiger partial charge in [-0.3, -0.25) is 14.9 Å². The summed E-state index contributed by atoms with van der Waals surface area (Å²) >= 11 is 0. The fourth-order valence-corrected chi connectivity index (χ4v) is 4.79. The van der Waals surface area contributed by atoms with E-state index in [1.807, 2.05) is 35.2 Å². The Balaban J connectivity index is 1.27. The zero-order valence-electron chi connectivity index (χ0n) is 21.3. The van der Waals surface area contributed by atoms with Crippen molar-refractivity contribution in [1.82, 2.24) is 20.0 Å². The van der Waals surface area contributed by atoms with Crippen LogP contribution >= 0.6 is 0 Å². The van der Waals surface area contributed by atoms with E-state index in [-0.39, 0.29) is 17.6 Å². The van der Waals surface area contributed by atoms with Crippen molar-refractivity contribution in [3.8, 4) is 22.6 Å². The third kappa shape index (κ3) is 5.08. The molecule has 1 saturated heterocycles. The van der Waals surface area contributed by atoms with Crippen LogP contribution in [0.2, 0.25) is 0 Å². The number of fused-ring (bicyclic) bond motifs is 1. The van der Waals surface area contributed by atoms with Crippen LogP contribution in [0.15, 0.2) is 82.1 Å². The summed E-state index contributed by atoms with van der Waals surface area (Å²) in [6, 6.07) is 19.0. The Kier molecular flexibility index (Phi) is 6.50. The molecule has 0 spiro atoms. The summed E-state index contributed by atoms with van der Waals surface area (Å²) in [7, 11) is 0. The zero-order valence-corrected chi connectivity index (χ0v) is 21.3. The van der Waals surface area contributed by atoms with Gasteiger partial charge in [0.2, 0.25) is 11.9 Å². The van der Waals surface area contributed by atoms with Crippen LogP contribution in [0, 0.1) is 0 Å². The molecule has 0 bridgehead atoms. The molecule has 1 fully saturated rings. The van der Waals surface area contributed by atoms with Crippen molar-refractivity contribution in [2.45, 2.75) is 13.3 Å². The van der Waals surface area contributed by atoms with Gasteiger partial charge in [0.25, 0.3) is 5.91 Å². The average molecular weight is 523 g/mol. The van der Waals surface area contributed by atoms with E-state index in [4.69, 9.17) is 8.94 Å². The SMILES string of the molecule is CC(=O)N1CCCN(c2cccc(-c3onc4ccc(-c5ccnc(NC(=O)c6ccco6)n5)cc34)c2)CC1. The lowest BCUT2D eigenvalue weighted by molar-refractivity contribution is -0.128. The summed E-state index contributed by atoms with van der Waals surface area (Å²) in [5.74, 6) is 0.706. The van der Waals surface area contributed by atoms with Crippen LogP contribution in [0.3, 0.4) is 0 Å². The first-order valence-corrected chi connectivity index (χ1v) is 12.7. The smallest absolute Gasteiger partial charge is 0.293 e. The first-order chi connectivity index (χ1) is 19.0. The van der Waals surface area contributed by atoms with E-state index in [9.17, 15) is 9.59 Å². The predicted molar refractivity (Wildman–Crippen MR) is 146 cm³/mol. The molecule has 10 heteroatoms. The molecular formula is C29H26N6O4. The Labute approximate surface area is 224 Å². The molecule has 3 aromatic heterocycles. The molecule has 0 atom stereocenters. The minimum Gasteiger partial charge on any atom is -0.459 e. The second-order valence-electron chi connectivity index (χ2n) is 9.34. The van der Waals surface area contributed by atoms with Gasteiger partial charge in [-0.15, -0.1) is 0 Å². The number of rotatable bonds is 5. The third-order valence-electron chi connectivity index (χ3n) is 6.81. The lowest BCUT2D eigenvalue weighted by atomic mass is 10.0. The molecule has 4 heterocycles. The molecule has 1 aliphatic heterocycles. The molecule has 0 saturated carbocycles. The normalized spacial score (nSPS) is 13.9. The number of carbonyl (C=O) groups excluding carboxylic acids is 2. The van der Waals surface area contributed by atoms with Crippen molar-refractivity contribution in [3.05, 3.63) is 78.9 Å². The molecule has 196 valence electrons. The highest BCUT2D eigenvalue weighted by atomic mass is 16.5. The standard InChI is InChI=1S/C29H26N6O4/c1-19(36)34-12-4-13-35(15-14-34)22-6-2-5-21(17-22)27-23-18-20(8-9-25(23)33-39-27)24-10-11-30-29(31-24)32-28(37)26-7-3-16-38-26/h2-3,5-11,16-18H,4,12-15H2,1H3,(H,30,31,32,37). The van der Waals surface area contributed by atoms with Gasteiger partial charge in [-0.1, -0.05) is 23.4 Å². The number of hydrogen-bond donors (Lipinski definition) is 1. The largest absolute Gasteiger partial charge is 0.459 e. The zero-order chi connectivity index (χ0) is 26.8. The van der Waals surface area contributed by atoms with Gasteiger partial charge in [0.15, 0.2) is 11.5 Å². The lowest BCUT2D eigenvalue weighted by Crippen LogP contribution is -2.33. The van der Waals surface area contributed by atoms with Gasteiger partial charge in [0, 0.05) is 56.1 Å². The summed E-state index contributed by atoms with van der Waals surface area (Å²) in [4.78, 5) is 37.1. The van der Waals surface area contributed by atoms with Gasteiger partial charge in [0.05, 0.1) is 17.3 Å². The van der Waals surface area contributed by atoms with Gasteiger partial charge in [-0.2, -0.15) is 0 Å². The monoisotopic (exact) mass is 522 g/mol. The van der Waals surface area contributed by atoms with Crippen LogP contribution in [0.5, 0.6) is 0 Å². The van der Waals surface area contributed by atoms with E-state index in [1.54, 1.807) is 31.3 Å². The van der Waals surface area contributed by atoms with Crippen LogP contribution in [-0.2, 0) is 4.79 Å². The average Bonchev–Trinajstić information content (AvgIpc) is 3.58. The van der Waals surface area contributed by atoms with Crippen molar-refractivity contribution < 1.29 is 18.5 Å². The maximum Gasteiger partial charge on any atom is 0.293 e. The molecule has 0 aliphatic carbocycles. The number of carbonyl (C=O) groups is 2. The molecule has 6 rings (SSSR count). The number of nitrogens with zero attached hydrogens (tertiary/aromatic N) is 5. The molecule has 0 radical (unpaired) electrons. The first-order valence-electron chi connectivity index (χ1n) is 12.7. The number of benzene rings is 2. The van der Waals surface area contributed by atoms with Crippen LogP contribution in [-0.4, -0.2) is 58.0 Å².